The van der Waals surface area contributed by atoms with Crippen LogP contribution in [0.4, 0.5) is 0 Å². The zero-order chi connectivity index (χ0) is 13.4. The predicted octanol–water partition coefficient (Wildman–Crippen LogP) is 0.454. The van der Waals surface area contributed by atoms with E-state index in [2.05, 4.69) is 10.6 Å². The fourth-order valence-corrected chi connectivity index (χ4v) is 1.59. The van der Waals surface area contributed by atoms with Crippen molar-refractivity contribution in [2.24, 2.45) is 0 Å². The Labute approximate surface area is 107 Å². The van der Waals surface area contributed by atoms with Gasteiger partial charge in [-0.3, -0.25) is 4.79 Å². The smallest absolute Gasteiger partial charge is 0.221 e. The third-order valence-electron chi connectivity index (χ3n) is 2.59. The molecule has 5 heteroatoms. The van der Waals surface area contributed by atoms with Gasteiger partial charge in [0.05, 0.1) is 13.2 Å². The van der Waals surface area contributed by atoms with Gasteiger partial charge >= 0.3 is 0 Å². The van der Waals surface area contributed by atoms with Gasteiger partial charge in [0.1, 0.15) is 5.75 Å². The van der Waals surface area contributed by atoms with Crippen molar-refractivity contribution in [2.45, 2.75) is 12.5 Å². The molecule has 0 aliphatic carbocycles. The van der Waals surface area contributed by atoms with Crippen LogP contribution < -0.4 is 15.4 Å². The first-order chi connectivity index (χ1) is 8.69. The predicted molar refractivity (Wildman–Crippen MR) is 69.5 cm³/mol. The maximum Gasteiger partial charge on any atom is 0.221 e. The van der Waals surface area contributed by atoms with Crippen molar-refractivity contribution in [1.82, 2.24) is 10.6 Å². The van der Waals surface area contributed by atoms with E-state index in [0.717, 1.165) is 0 Å². The Morgan fingerprint density at radius 1 is 1.44 bits per heavy atom. The number of aliphatic hydroxyl groups excluding tert-OH is 1. The highest BCUT2D eigenvalue weighted by Gasteiger charge is 2.13. The van der Waals surface area contributed by atoms with E-state index in [-0.39, 0.29) is 12.5 Å². The fraction of sp³-hybridized carbons (Fsp3) is 0.462. The van der Waals surface area contributed by atoms with Crippen LogP contribution in [-0.2, 0) is 4.79 Å². The van der Waals surface area contributed by atoms with Crippen molar-refractivity contribution in [3.63, 3.8) is 0 Å². The first kappa shape index (κ1) is 14.5. The zero-order valence-electron chi connectivity index (χ0n) is 10.8. The van der Waals surface area contributed by atoms with Crippen LogP contribution in [0.2, 0.25) is 0 Å². The van der Waals surface area contributed by atoms with Crippen LogP contribution in [0, 0.1) is 0 Å². The average molecular weight is 252 g/mol. The molecule has 0 radical (unpaired) electrons. The molecule has 1 amide bonds. The van der Waals surface area contributed by atoms with Crippen molar-refractivity contribution < 1.29 is 14.6 Å². The molecule has 0 heterocycles. The van der Waals surface area contributed by atoms with Gasteiger partial charge in [-0.05, 0) is 13.1 Å². The maximum absolute atomic E-state index is 11.4. The van der Waals surface area contributed by atoms with Crippen molar-refractivity contribution >= 4 is 5.91 Å². The summed E-state index contributed by atoms with van der Waals surface area (Å²) in [5, 5.41) is 15.6. The van der Waals surface area contributed by atoms with E-state index in [4.69, 9.17) is 4.74 Å². The van der Waals surface area contributed by atoms with Gasteiger partial charge in [0.15, 0.2) is 0 Å². The van der Waals surface area contributed by atoms with Gasteiger partial charge in [-0.1, -0.05) is 18.2 Å². The van der Waals surface area contributed by atoms with E-state index in [9.17, 15) is 9.90 Å². The Hall–Kier alpha value is -1.59. The number of benzene rings is 1. The number of rotatable bonds is 7. The highest BCUT2D eigenvalue weighted by Crippen LogP contribution is 2.23. The number of amides is 1. The van der Waals surface area contributed by atoms with Crippen LogP contribution >= 0.6 is 0 Å². The standard InChI is InChI=1S/C13H20N2O3/c1-14-8-7-13(17)15-9-11(16)10-5-3-4-6-12(10)18-2/h3-6,11,14,16H,7-9H2,1-2H3,(H,15,17). The number of carbonyl (C=O) groups is 1. The molecule has 0 saturated carbocycles. The lowest BCUT2D eigenvalue weighted by Crippen LogP contribution is -2.30. The number of carbonyl (C=O) groups excluding carboxylic acids is 1. The zero-order valence-corrected chi connectivity index (χ0v) is 10.8. The second kappa shape index (κ2) is 7.68. The first-order valence-electron chi connectivity index (χ1n) is 5.91. The van der Waals surface area contributed by atoms with Crippen LogP contribution in [0.3, 0.4) is 0 Å². The normalized spacial score (nSPS) is 11.9. The second-order valence-corrected chi connectivity index (χ2v) is 3.92. The van der Waals surface area contributed by atoms with Crippen molar-refractivity contribution in [1.29, 1.82) is 0 Å². The van der Waals surface area contributed by atoms with Crippen LogP contribution in [-0.4, -0.2) is 38.3 Å². The molecule has 0 fully saturated rings. The molecule has 1 rings (SSSR count). The molecule has 0 bridgehead atoms. The van der Waals surface area contributed by atoms with Gasteiger partial charge in [-0.15, -0.1) is 0 Å². The SMILES string of the molecule is CNCCC(=O)NCC(O)c1ccccc1OC. The number of ether oxygens (including phenoxy) is 1. The van der Waals surface area contributed by atoms with Gasteiger partial charge in [-0.2, -0.15) is 0 Å². The molecule has 0 aliphatic rings. The molecule has 1 atom stereocenters. The molecular weight excluding hydrogens is 232 g/mol. The topological polar surface area (TPSA) is 70.6 Å². The Morgan fingerprint density at radius 3 is 2.83 bits per heavy atom. The number of nitrogens with one attached hydrogen (secondary N) is 2. The van der Waals surface area contributed by atoms with Gasteiger partial charge < -0.3 is 20.5 Å². The molecule has 0 saturated heterocycles. The molecule has 1 aromatic rings. The van der Waals surface area contributed by atoms with Crippen molar-refractivity contribution in [2.75, 3.05) is 27.2 Å². The number of aliphatic hydroxyl groups is 1. The highest BCUT2D eigenvalue weighted by atomic mass is 16.5. The largest absolute Gasteiger partial charge is 0.496 e. The van der Waals surface area contributed by atoms with Crippen LogP contribution in [0.25, 0.3) is 0 Å². The molecule has 3 N–H and O–H groups in total. The molecular formula is C13H20N2O3. The molecule has 18 heavy (non-hydrogen) atoms. The summed E-state index contributed by atoms with van der Waals surface area (Å²) >= 11 is 0. The lowest BCUT2D eigenvalue weighted by atomic mass is 10.1. The minimum absolute atomic E-state index is 0.0849. The van der Waals surface area contributed by atoms with E-state index >= 15 is 0 Å². The van der Waals surface area contributed by atoms with E-state index in [1.54, 1.807) is 26.3 Å². The molecule has 0 aliphatic heterocycles. The Kier molecular flexibility index (Phi) is 6.18. The molecule has 5 nitrogen and oxygen atoms in total. The van der Waals surface area contributed by atoms with Gasteiger partial charge in [0.2, 0.25) is 5.91 Å². The van der Waals surface area contributed by atoms with E-state index in [1.165, 1.54) is 0 Å². The Morgan fingerprint density at radius 2 is 2.17 bits per heavy atom. The summed E-state index contributed by atoms with van der Waals surface area (Å²) in [6.07, 6.45) is -0.366. The summed E-state index contributed by atoms with van der Waals surface area (Å²) in [7, 11) is 3.34. The molecule has 100 valence electrons. The molecule has 1 unspecified atom stereocenters. The number of methoxy groups -OCH3 is 1. The third-order valence-corrected chi connectivity index (χ3v) is 2.59. The van der Waals surface area contributed by atoms with Gasteiger partial charge in [-0.25, -0.2) is 0 Å². The summed E-state index contributed by atoms with van der Waals surface area (Å²) in [5.41, 5.74) is 0.675. The summed E-state index contributed by atoms with van der Waals surface area (Å²) in [5.74, 6) is 0.535. The van der Waals surface area contributed by atoms with E-state index in [0.29, 0.717) is 24.3 Å². The summed E-state index contributed by atoms with van der Waals surface area (Å²) in [6, 6.07) is 7.22. The number of hydrogen-bond donors (Lipinski definition) is 3. The number of hydrogen-bond acceptors (Lipinski definition) is 4. The van der Waals surface area contributed by atoms with E-state index in [1.807, 2.05) is 12.1 Å². The fourth-order valence-electron chi connectivity index (χ4n) is 1.59. The lowest BCUT2D eigenvalue weighted by Gasteiger charge is -2.15. The Bertz CT molecular complexity index is 382. The average Bonchev–Trinajstić information content (AvgIpc) is 2.42. The Balaban J connectivity index is 2.49. The summed E-state index contributed by atoms with van der Waals surface area (Å²) in [6.45, 7) is 0.805. The maximum atomic E-state index is 11.4. The van der Waals surface area contributed by atoms with Gasteiger partial charge in [0.25, 0.3) is 0 Å². The molecule has 0 aromatic heterocycles. The van der Waals surface area contributed by atoms with Gasteiger partial charge in [0, 0.05) is 25.1 Å². The van der Waals surface area contributed by atoms with E-state index < -0.39 is 6.10 Å². The lowest BCUT2D eigenvalue weighted by molar-refractivity contribution is -0.121. The first-order valence-corrected chi connectivity index (χ1v) is 5.91. The van der Waals surface area contributed by atoms with Crippen LogP contribution in [0.5, 0.6) is 5.75 Å². The monoisotopic (exact) mass is 252 g/mol. The third kappa shape index (κ3) is 4.35. The van der Waals surface area contributed by atoms with Crippen molar-refractivity contribution in [3.8, 4) is 5.75 Å². The summed E-state index contributed by atoms with van der Waals surface area (Å²) < 4.78 is 5.16. The quantitative estimate of drug-likeness (QED) is 0.659. The number of para-hydroxylation sites is 1. The minimum Gasteiger partial charge on any atom is -0.496 e. The summed E-state index contributed by atoms with van der Waals surface area (Å²) in [4.78, 5) is 11.4. The van der Waals surface area contributed by atoms with Crippen LogP contribution in [0.15, 0.2) is 24.3 Å². The molecule has 1 aromatic carbocycles. The molecule has 0 spiro atoms. The van der Waals surface area contributed by atoms with Crippen molar-refractivity contribution in [3.05, 3.63) is 29.8 Å². The highest BCUT2D eigenvalue weighted by molar-refractivity contribution is 5.76. The minimum atomic E-state index is -0.764. The van der Waals surface area contributed by atoms with Crippen LogP contribution in [0.1, 0.15) is 18.1 Å². The second-order valence-electron chi connectivity index (χ2n) is 3.92.